The van der Waals surface area contributed by atoms with Gasteiger partial charge in [0, 0.05) is 12.8 Å². The number of rotatable bonds is 37. The number of carboxylic acids is 1. The maximum atomic E-state index is 12.3. The number of carbonyl (C=O) groups excluding carboxylic acids is 2. The van der Waals surface area contributed by atoms with Gasteiger partial charge in [0.2, 0.25) is 5.91 Å². The van der Waals surface area contributed by atoms with Crippen LogP contribution in [0.4, 0.5) is 0 Å². The summed E-state index contributed by atoms with van der Waals surface area (Å²) in [4.78, 5) is 45.7. The van der Waals surface area contributed by atoms with Gasteiger partial charge in [-0.25, -0.2) is 9.36 Å². The van der Waals surface area contributed by atoms with Crippen molar-refractivity contribution in [2.75, 3.05) is 19.8 Å². The lowest BCUT2D eigenvalue weighted by Gasteiger charge is -2.18. The van der Waals surface area contributed by atoms with Crippen LogP contribution < -0.4 is 5.32 Å². The van der Waals surface area contributed by atoms with Gasteiger partial charge in [0.1, 0.15) is 12.7 Å². The lowest BCUT2D eigenvalue weighted by atomic mass is 10.1. The molecule has 1 amide bonds. The topological polar surface area (TPSA) is 169 Å². The first kappa shape index (κ1) is 49.7. The summed E-state index contributed by atoms with van der Waals surface area (Å²) in [6.07, 6.45) is 36.1. The molecule has 4 N–H and O–H groups in total. The lowest BCUT2D eigenvalue weighted by Crippen LogP contribution is -2.43. The Labute approximate surface area is 314 Å². The van der Waals surface area contributed by atoms with E-state index in [1.54, 1.807) is 0 Å². The second kappa shape index (κ2) is 35.7. The van der Waals surface area contributed by atoms with Crippen molar-refractivity contribution in [2.24, 2.45) is 0 Å². The van der Waals surface area contributed by atoms with Crippen LogP contribution in [0.1, 0.15) is 168 Å². The minimum absolute atomic E-state index is 0.136. The average molecular weight is 758 g/mol. The molecule has 11 nitrogen and oxygen atoms in total. The number of allylic oxidation sites excluding steroid dienone is 6. The summed E-state index contributed by atoms with van der Waals surface area (Å²) in [6, 6.07) is -1.55. The first-order chi connectivity index (χ1) is 25.1. The fourth-order valence-corrected chi connectivity index (χ4v) is 6.00. The number of phosphoric acid groups is 1. The van der Waals surface area contributed by atoms with Gasteiger partial charge in [0.05, 0.1) is 13.2 Å². The Morgan fingerprint density at radius 2 is 1.10 bits per heavy atom. The van der Waals surface area contributed by atoms with Crippen molar-refractivity contribution in [2.45, 2.75) is 180 Å². The Balaban J connectivity index is 3.96. The van der Waals surface area contributed by atoms with Crippen molar-refractivity contribution in [3.8, 4) is 0 Å². The van der Waals surface area contributed by atoms with E-state index in [1.165, 1.54) is 44.9 Å². The fraction of sp³-hybridized carbons (Fsp3) is 0.775. The molecule has 3 unspecified atom stereocenters. The van der Waals surface area contributed by atoms with E-state index in [0.29, 0.717) is 12.8 Å². The van der Waals surface area contributed by atoms with Gasteiger partial charge in [-0.05, 0) is 64.2 Å². The largest absolute Gasteiger partial charge is 0.480 e. The Kier molecular flexibility index (Phi) is 34.1. The third kappa shape index (κ3) is 34.8. The predicted octanol–water partition coefficient (Wildman–Crippen LogP) is 9.66. The van der Waals surface area contributed by atoms with E-state index in [4.69, 9.17) is 13.8 Å². The zero-order valence-electron chi connectivity index (χ0n) is 32.4. The number of carboxylic acid groups (broad SMARTS) is 1. The van der Waals surface area contributed by atoms with Gasteiger partial charge >= 0.3 is 19.8 Å². The molecule has 0 heterocycles. The van der Waals surface area contributed by atoms with Crippen LogP contribution in [0.3, 0.4) is 0 Å². The Bertz CT molecular complexity index is 1030. The number of ether oxygens (including phenoxy) is 1. The molecule has 0 radical (unpaired) electrons. The molecule has 0 saturated carbocycles. The van der Waals surface area contributed by atoms with Gasteiger partial charge in [0.25, 0.3) is 0 Å². The molecular formula is C40H72NO10P. The van der Waals surface area contributed by atoms with Gasteiger partial charge in [-0.2, -0.15) is 0 Å². The fourth-order valence-electron chi connectivity index (χ4n) is 5.23. The van der Waals surface area contributed by atoms with E-state index in [1.807, 2.05) is 0 Å². The van der Waals surface area contributed by atoms with Crippen molar-refractivity contribution >= 4 is 25.7 Å². The molecule has 52 heavy (non-hydrogen) atoms. The second-order valence-electron chi connectivity index (χ2n) is 13.5. The maximum Gasteiger partial charge on any atom is 0.472 e. The maximum absolute atomic E-state index is 12.3. The number of nitrogens with one attached hydrogen (secondary N) is 1. The second-order valence-corrected chi connectivity index (χ2v) is 14.9. The smallest absolute Gasteiger partial charge is 0.472 e. The number of aliphatic hydroxyl groups is 1. The van der Waals surface area contributed by atoms with E-state index in [0.717, 1.165) is 83.5 Å². The minimum Gasteiger partial charge on any atom is -0.480 e. The van der Waals surface area contributed by atoms with E-state index in [-0.39, 0.29) is 12.8 Å². The quantitative estimate of drug-likeness (QED) is 0.0207. The molecule has 0 aromatic carbocycles. The summed E-state index contributed by atoms with van der Waals surface area (Å²) in [5, 5.41) is 21.7. The SMILES string of the molecule is CCC/C=C\CCCCCCCC(=O)OCC(O)COP(=O)(O)OCC(NC(=O)CCCCCCCCC/C=C\C/C=C\CCCCCC)C(=O)O. The number of hydrogen-bond donors (Lipinski definition) is 4. The van der Waals surface area contributed by atoms with E-state index in [9.17, 15) is 34.1 Å². The van der Waals surface area contributed by atoms with E-state index >= 15 is 0 Å². The number of aliphatic hydroxyl groups excluding tert-OH is 1. The van der Waals surface area contributed by atoms with E-state index < -0.39 is 57.6 Å². The number of hydrogen-bond acceptors (Lipinski definition) is 8. The third-order valence-electron chi connectivity index (χ3n) is 8.38. The highest BCUT2D eigenvalue weighted by atomic mass is 31.2. The molecule has 0 fully saturated rings. The molecule has 0 aromatic heterocycles. The first-order valence-corrected chi connectivity index (χ1v) is 21.5. The van der Waals surface area contributed by atoms with E-state index in [2.05, 4.69) is 55.6 Å². The predicted molar refractivity (Wildman–Crippen MR) is 208 cm³/mol. The zero-order chi connectivity index (χ0) is 38.5. The van der Waals surface area contributed by atoms with Crippen molar-refractivity contribution in [1.82, 2.24) is 5.32 Å². The minimum atomic E-state index is -4.75. The molecular weight excluding hydrogens is 685 g/mol. The molecule has 0 aliphatic carbocycles. The molecule has 0 aromatic rings. The molecule has 0 aliphatic heterocycles. The molecule has 0 spiro atoms. The van der Waals surface area contributed by atoms with Crippen molar-refractivity contribution < 1.29 is 47.8 Å². The van der Waals surface area contributed by atoms with Crippen molar-refractivity contribution in [1.29, 1.82) is 0 Å². The van der Waals surface area contributed by atoms with Crippen LogP contribution in [0.2, 0.25) is 0 Å². The average Bonchev–Trinajstić information content (AvgIpc) is 3.11. The summed E-state index contributed by atoms with van der Waals surface area (Å²) in [7, 11) is -4.75. The Morgan fingerprint density at radius 3 is 1.65 bits per heavy atom. The van der Waals surface area contributed by atoms with Crippen LogP contribution in [0, 0.1) is 0 Å². The summed E-state index contributed by atoms with van der Waals surface area (Å²) in [5.74, 6) is -2.40. The van der Waals surface area contributed by atoms with Gasteiger partial charge in [-0.1, -0.05) is 127 Å². The number of phosphoric ester groups is 1. The number of unbranched alkanes of at least 4 members (excludes halogenated alkanes) is 17. The number of carbonyl (C=O) groups is 3. The Morgan fingerprint density at radius 1 is 0.615 bits per heavy atom. The van der Waals surface area contributed by atoms with Crippen LogP contribution >= 0.6 is 7.82 Å². The monoisotopic (exact) mass is 757 g/mol. The van der Waals surface area contributed by atoms with Crippen LogP contribution in [-0.2, 0) is 32.7 Å². The molecule has 3 atom stereocenters. The summed E-state index contributed by atoms with van der Waals surface area (Å²) in [6.45, 7) is 2.48. The highest BCUT2D eigenvalue weighted by molar-refractivity contribution is 7.47. The molecule has 0 rings (SSSR count). The standard InChI is InChI=1S/C40H72NO10P/c1-3-5-7-9-11-13-15-16-17-18-19-20-21-22-23-25-27-29-31-38(43)41-37(40(45)46)35-51-52(47,48)50-34-36(42)33-49-39(44)32-30-28-26-24-14-12-10-8-6-4-2/h8,10,13,15,17-18,36-37,42H,3-7,9,11-12,14,16,19-35H2,1-2H3,(H,41,43)(H,45,46)(H,47,48)/b10-8-,15-13-,18-17-. The number of amides is 1. The Hall–Kier alpha value is -2.30. The van der Waals surface area contributed by atoms with Gasteiger partial charge < -0.3 is 25.2 Å². The van der Waals surface area contributed by atoms with Crippen LogP contribution in [0.25, 0.3) is 0 Å². The number of esters is 1. The third-order valence-corrected chi connectivity index (χ3v) is 9.33. The molecule has 302 valence electrons. The van der Waals surface area contributed by atoms with Crippen LogP contribution in [0.15, 0.2) is 36.5 Å². The summed E-state index contributed by atoms with van der Waals surface area (Å²) < 4.78 is 26.7. The van der Waals surface area contributed by atoms with Crippen LogP contribution in [-0.4, -0.2) is 64.9 Å². The molecule has 0 aliphatic rings. The van der Waals surface area contributed by atoms with Gasteiger partial charge in [-0.15, -0.1) is 0 Å². The summed E-state index contributed by atoms with van der Waals surface area (Å²) >= 11 is 0. The number of aliphatic carboxylic acids is 1. The highest BCUT2D eigenvalue weighted by Crippen LogP contribution is 2.43. The highest BCUT2D eigenvalue weighted by Gasteiger charge is 2.28. The first-order valence-electron chi connectivity index (χ1n) is 20.0. The molecule has 12 heteroatoms. The van der Waals surface area contributed by atoms with Gasteiger partial charge in [-0.3, -0.25) is 18.6 Å². The van der Waals surface area contributed by atoms with Gasteiger partial charge in [0.15, 0.2) is 6.04 Å². The van der Waals surface area contributed by atoms with Crippen LogP contribution in [0.5, 0.6) is 0 Å². The lowest BCUT2D eigenvalue weighted by molar-refractivity contribution is -0.147. The van der Waals surface area contributed by atoms with Crippen molar-refractivity contribution in [3.05, 3.63) is 36.5 Å². The molecule has 0 saturated heterocycles. The zero-order valence-corrected chi connectivity index (χ0v) is 33.3. The normalized spacial score (nSPS) is 14.2. The summed E-state index contributed by atoms with van der Waals surface area (Å²) in [5.41, 5.74) is 0. The molecule has 0 bridgehead atoms. The van der Waals surface area contributed by atoms with Crippen molar-refractivity contribution in [3.63, 3.8) is 0 Å².